The first kappa shape index (κ1) is 14.6. The van der Waals surface area contributed by atoms with Crippen LogP contribution in [0.4, 0.5) is 0 Å². The Morgan fingerprint density at radius 1 is 1.35 bits per heavy atom. The van der Waals surface area contributed by atoms with Gasteiger partial charge in [0.2, 0.25) is 0 Å². The van der Waals surface area contributed by atoms with E-state index >= 15 is 0 Å². The average Bonchev–Trinajstić information content (AvgIpc) is 2.76. The van der Waals surface area contributed by atoms with Crippen molar-refractivity contribution in [3.05, 3.63) is 18.0 Å². The van der Waals surface area contributed by atoms with Gasteiger partial charge in [0.15, 0.2) is 0 Å². The van der Waals surface area contributed by atoms with Gasteiger partial charge in [0.25, 0.3) is 0 Å². The Morgan fingerprint density at radius 3 is 2.65 bits per heavy atom. The largest absolute Gasteiger partial charge is 0.309 e. The van der Waals surface area contributed by atoms with Gasteiger partial charge in [-0.1, -0.05) is 20.8 Å². The molecule has 0 saturated heterocycles. The molecule has 0 radical (unpaired) electrons. The van der Waals surface area contributed by atoms with Gasteiger partial charge in [0.1, 0.15) is 0 Å². The molecule has 0 saturated carbocycles. The van der Waals surface area contributed by atoms with Gasteiger partial charge in [-0.25, -0.2) is 0 Å². The van der Waals surface area contributed by atoms with Gasteiger partial charge in [-0.15, -0.1) is 0 Å². The third kappa shape index (κ3) is 5.13. The van der Waals surface area contributed by atoms with Gasteiger partial charge in [-0.3, -0.25) is 4.68 Å². The van der Waals surface area contributed by atoms with Gasteiger partial charge in [-0.2, -0.15) is 16.9 Å². The van der Waals surface area contributed by atoms with Crippen LogP contribution < -0.4 is 5.32 Å². The molecule has 0 bridgehead atoms. The van der Waals surface area contributed by atoms with E-state index < -0.39 is 0 Å². The molecule has 0 aliphatic heterocycles. The summed E-state index contributed by atoms with van der Waals surface area (Å²) in [7, 11) is 0. The second-order valence-electron chi connectivity index (χ2n) is 4.67. The number of nitrogens with zero attached hydrogens (tertiary/aromatic N) is 2. The molecule has 3 nitrogen and oxygen atoms in total. The highest BCUT2D eigenvalue weighted by Gasteiger charge is 2.12. The van der Waals surface area contributed by atoms with E-state index in [4.69, 9.17) is 0 Å². The summed E-state index contributed by atoms with van der Waals surface area (Å²) in [5.74, 6) is 3.12. The van der Waals surface area contributed by atoms with Crippen LogP contribution in [0.3, 0.4) is 0 Å². The first-order valence-corrected chi connectivity index (χ1v) is 7.66. The van der Waals surface area contributed by atoms with Crippen LogP contribution in [-0.4, -0.2) is 27.8 Å². The lowest BCUT2D eigenvalue weighted by molar-refractivity contribution is 0.602. The Balaban J connectivity index is 2.52. The Morgan fingerprint density at radius 2 is 2.12 bits per heavy atom. The van der Waals surface area contributed by atoms with Crippen LogP contribution in [0, 0.1) is 5.92 Å². The lowest BCUT2D eigenvalue weighted by Crippen LogP contribution is -2.23. The molecule has 0 aliphatic carbocycles. The molecule has 1 N–H and O–H groups in total. The maximum atomic E-state index is 4.35. The van der Waals surface area contributed by atoms with Crippen LogP contribution >= 0.6 is 11.8 Å². The fourth-order valence-corrected chi connectivity index (χ4v) is 2.83. The van der Waals surface area contributed by atoms with Gasteiger partial charge in [0, 0.05) is 30.1 Å². The lowest BCUT2D eigenvalue weighted by atomic mass is 10.2. The van der Waals surface area contributed by atoms with Gasteiger partial charge >= 0.3 is 0 Å². The molecular formula is C13H25N3S. The molecule has 0 aliphatic rings. The Labute approximate surface area is 109 Å². The third-order valence-electron chi connectivity index (χ3n) is 2.57. The molecule has 17 heavy (non-hydrogen) atoms. The van der Waals surface area contributed by atoms with Crippen LogP contribution in [0.15, 0.2) is 12.4 Å². The van der Waals surface area contributed by atoms with E-state index in [2.05, 4.69) is 44.3 Å². The number of hydrogen-bond acceptors (Lipinski definition) is 3. The maximum absolute atomic E-state index is 4.35. The van der Waals surface area contributed by atoms with Crippen molar-refractivity contribution in [2.45, 2.75) is 40.3 Å². The van der Waals surface area contributed by atoms with Crippen molar-refractivity contribution in [1.82, 2.24) is 15.1 Å². The first-order valence-electron chi connectivity index (χ1n) is 6.50. The summed E-state index contributed by atoms with van der Waals surface area (Å²) in [5, 5.41) is 7.88. The smallest absolute Gasteiger partial charge is 0.0537 e. The maximum Gasteiger partial charge on any atom is 0.0537 e. The molecular weight excluding hydrogens is 230 g/mol. The predicted molar refractivity (Wildman–Crippen MR) is 76.5 cm³/mol. The molecule has 1 unspecified atom stereocenters. The minimum Gasteiger partial charge on any atom is -0.309 e. The van der Waals surface area contributed by atoms with Crippen molar-refractivity contribution in [1.29, 1.82) is 0 Å². The van der Waals surface area contributed by atoms with E-state index in [0.717, 1.165) is 24.8 Å². The second-order valence-corrected chi connectivity index (χ2v) is 5.75. The SMILES string of the molecule is CCNC(CSCC(C)C)c1cnn(CC)c1. The van der Waals surface area contributed by atoms with Crippen LogP contribution in [0.25, 0.3) is 0 Å². The topological polar surface area (TPSA) is 29.9 Å². The van der Waals surface area contributed by atoms with Crippen LogP contribution in [0.5, 0.6) is 0 Å². The van der Waals surface area contributed by atoms with Crippen molar-refractivity contribution in [3.63, 3.8) is 0 Å². The van der Waals surface area contributed by atoms with E-state index in [9.17, 15) is 0 Å². The highest BCUT2D eigenvalue weighted by molar-refractivity contribution is 7.99. The molecule has 1 atom stereocenters. The monoisotopic (exact) mass is 255 g/mol. The molecule has 0 fully saturated rings. The summed E-state index contributed by atoms with van der Waals surface area (Å²) >= 11 is 2.02. The standard InChI is InChI=1S/C13H25N3S/c1-5-14-13(10-17-9-11(3)4)12-7-15-16(6-2)8-12/h7-8,11,13-14H,5-6,9-10H2,1-4H3. The predicted octanol–water partition coefficient (Wildman–Crippen LogP) is 2.94. The first-order chi connectivity index (χ1) is 8.17. The van der Waals surface area contributed by atoms with E-state index in [1.807, 2.05) is 22.6 Å². The quantitative estimate of drug-likeness (QED) is 0.774. The van der Waals surface area contributed by atoms with E-state index in [1.165, 1.54) is 11.3 Å². The van der Waals surface area contributed by atoms with E-state index in [-0.39, 0.29) is 0 Å². The summed E-state index contributed by atoms with van der Waals surface area (Å²) in [5.41, 5.74) is 1.31. The Hall–Kier alpha value is -0.480. The molecule has 0 spiro atoms. The number of hydrogen-bond donors (Lipinski definition) is 1. The summed E-state index contributed by atoms with van der Waals surface area (Å²) in [6.07, 6.45) is 4.15. The molecule has 98 valence electrons. The summed E-state index contributed by atoms with van der Waals surface area (Å²) in [4.78, 5) is 0. The molecule has 1 aromatic rings. The number of thioether (sulfide) groups is 1. The van der Waals surface area contributed by atoms with Crippen molar-refractivity contribution in [2.75, 3.05) is 18.1 Å². The van der Waals surface area contributed by atoms with Crippen LogP contribution in [-0.2, 0) is 6.54 Å². The van der Waals surface area contributed by atoms with E-state index in [0.29, 0.717) is 6.04 Å². The van der Waals surface area contributed by atoms with Gasteiger partial charge < -0.3 is 5.32 Å². The average molecular weight is 255 g/mol. The van der Waals surface area contributed by atoms with E-state index in [1.54, 1.807) is 0 Å². The van der Waals surface area contributed by atoms with Crippen LogP contribution in [0.2, 0.25) is 0 Å². The number of aromatic nitrogens is 2. The molecule has 1 rings (SSSR count). The van der Waals surface area contributed by atoms with Crippen LogP contribution in [0.1, 0.15) is 39.3 Å². The number of aryl methyl sites for hydroxylation is 1. The molecule has 4 heteroatoms. The van der Waals surface area contributed by atoms with Gasteiger partial charge in [-0.05, 0) is 25.1 Å². The third-order valence-corrected chi connectivity index (χ3v) is 4.04. The number of rotatable bonds is 8. The normalized spacial score (nSPS) is 13.2. The van der Waals surface area contributed by atoms with Crippen molar-refractivity contribution in [2.24, 2.45) is 5.92 Å². The Kier molecular flexibility index (Phi) is 6.66. The second kappa shape index (κ2) is 7.77. The highest BCUT2D eigenvalue weighted by atomic mass is 32.2. The molecule has 0 aromatic carbocycles. The summed E-state index contributed by atoms with van der Waals surface area (Å²) < 4.78 is 1.99. The summed E-state index contributed by atoms with van der Waals surface area (Å²) in [6.45, 7) is 10.8. The molecule has 1 aromatic heterocycles. The summed E-state index contributed by atoms with van der Waals surface area (Å²) in [6, 6.07) is 0.434. The number of nitrogens with one attached hydrogen (secondary N) is 1. The Bertz CT molecular complexity index is 309. The molecule has 0 amide bonds. The zero-order valence-electron chi connectivity index (χ0n) is 11.4. The van der Waals surface area contributed by atoms with Crippen molar-refractivity contribution in [3.8, 4) is 0 Å². The molecule has 1 heterocycles. The van der Waals surface area contributed by atoms with Gasteiger partial charge in [0.05, 0.1) is 6.20 Å². The minimum atomic E-state index is 0.434. The highest BCUT2D eigenvalue weighted by Crippen LogP contribution is 2.19. The fraction of sp³-hybridized carbons (Fsp3) is 0.769. The minimum absolute atomic E-state index is 0.434. The lowest BCUT2D eigenvalue weighted by Gasteiger charge is -2.16. The fourth-order valence-electron chi connectivity index (χ4n) is 1.67. The zero-order valence-corrected chi connectivity index (χ0v) is 12.3. The van der Waals surface area contributed by atoms with Crippen molar-refractivity contribution >= 4 is 11.8 Å². The zero-order chi connectivity index (χ0) is 12.7. The van der Waals surface area contributed by atoms with Crippen molar-refractivity contribution < 1.29 is 0 Å².